The van der Waals surface area contributed by atoms with Gasteiger partial charge in [0.2, 0.25) is 5.91 Å². The van der Waals surface area contributed by atoms with Gasteiger partial charge in [-0.15, -0.1) is 0 Å². The van der Waals surface area contributed by atoms with Gasteiger partial charge in [-0.2, -0.15) is 0 Å². The molecule has 1 aliphatic rings. The molecule has 0 atom stereocenters. The molecule has 0 bridgehead atoms. The number of hydrogen-bond donors (Lipinski definition) is 0. The van der Waals surface area contributed by atoms with Gasteiger partial charge in [0, 0.05) is 24.2 Å². The maximum Gasteiger partial charge on any atom is 0.227 e. The molecule has 0 radical (unpaired) electrons. The van der Waals surface area contributed by atoms with E-state index in [1.807, 2.05) is 0 Å². The number of ketones is 1. The predicted octanol–water partition coefficient (Wildman–Crippen LogP) is 1.59. The summed E-state index contributed by atoms with van der Waals surface area (Å²) in [5, 5.41) is 0. The summed E-state index contributed by atoms with van der Waals surface area (Å²) < 4.78 is 0. The predicted molar refractivity (Wildman–Crippen MR) is 63.0 cm³/mol. The number of anilines is 1. The van der Waals surface area contributed by atoms with Crippen molar-refractivity contribution >= 4 is 23.7 Å². The first-order valence-corrected chi connectivity index (χ1v) is 5.59. The maximum absolute atomic E-state index is 11.5. The number of rotatable bonds is 4. The number of Topliss-reactive ketones (excluding diaryl/α,β-unsaturated/α-hetero) is 1. The molecule has 0 aromatic heterocycles. The third kappa shape index (κ3) is 2.41. The molecule has 0 spiro atoms. The molecule has 4 nitrogen and oxygen atoms in total. The summed E-state index contributed by atoms with van der Waals surface area (Å²) in [5.74, 6) is -0.0729. The van der Waals surface area contributed by atoms with Gasteiger partial charge in [0.15, 0.2) is 5.78 Å². The summed E-state index contributed by atoms with van der Waals surface area (Å²) in [6, 6.07) is 6.82. The van der Waals surface area contributed by atoms with Gasteiger partial charge in [-0.3, -0.25) is 9.59 Å². The lowest BCUT2D eigenvalue weighted by atomic mass is 10.1. The Bertz CT molecular complexity index is 450. The number of carbonyl (C=O) groups is 3. The molecular weight excluding hydrogens is 218 g/mol. The first-order valence-electron chi connectivity index (χ1n) is 5.59. The maximum atomic E-state index is 11.5. The van der Waals surface area contributed by atoms with Crippen LogP contribution in [-0.4, -0.2) is 24.5 Å². The van der Waals surface area contributed by atoms with Gasteiger partial charge in [-0.1, -0.05) is 0 Å². The van der Waals surface area contributed by atoms with Crippen LogP contribution in [0, 0.1) is 0 Å². The Hall–Kier alpha value is -1.97. The van der Waals surface area contributed by atoms with Crippen LogP contribution in [0.3, 0.4) is 0 Å². The Kier molecular flexibility index (Phi) is 3.32. The highest BCUT2D eigenvalue weighted by atomic mass is 16.2. The molecule has 1 heterocycles. The van der Waals surface area contributed by atoms with E-state index in [2.05, 4.69) is 0 Å². The Balaban J connectivity index is 2.15. The van der Waals surface area contributed by atoms with Gasteiger partial charge in [-0.05, 0) is 30.7 Å². The van der Waals surface area contributed by atoms with Crippen molar-refractivity contribution in [3.05, 3.63) is 29.8 Å². The van der Waals surface area contributed by atoms with Crippen LogP contribution in [0.4, 0.5) is 5.69 Å². The van der Waals surface area contributed by atoms with Crippen molar-refractivity contribution < 1.29 is 14.4 Å². The summed E-state index contributed by atoms with van der Waals surface area (Å²) >= 11 is 0. The summed E-state index contributed by atoms with van der Waals surface area (Å²) in [4.78, 5) is 34.9. The van der Waals surface area contributed by atoms with Crippen LogP contribution in [0.15, 0.2) is 24.3 Å². The van der Waals surface area contributed by atoms with E-state index in [1.54, 1.807) is 29.2 Å². The van der Waals surface area contributed by atoms with Crippen molar-refractivity contribution in [1.82, 2.24) is 0 Å². The molecule has 1 aliphatic heterocycles. The monoisotopic (exact) mass is 231 g/mol. The van der Waals surface area contributed by atoms with Crippen LogP contribution in [0.5, 0.6) is 0 Å². The minimum atomic E-state index is -0.195. The average molecular weight is 231 g/mol. The SMILES string of the molecule is O=CCC(=O)c1ccc(N2CCCC2=O)cc1. The number of hydrogen-bond acceptors (Lipinski definition) is 3. The lowest BCUT2D eigenvalue weighted by molar-refractivity contribution is -0.117. The summed E-state index contributed by atoms with van der Waals surface area (Å²) in [6.45, 7) is 0.737. The first-order chi connectivity index (χ1) is 8.22. The topological polar surface area (TPSA) is 54.5 Å². The quantitative estimate of drug-likeness (QED) is 0.449. The smallest absolute Gasteiger partial charge is 0.227 e. The molecule has 4 heteroatoms. The van der Waals surface area contributed by atoms with Crippen molar-refractivity contribution in [2.75, 3.05) is 11.4 Å². The third-order valence-electron chi connectivity index (χ3n) is 2.84. The highest BCUT2D eigenvalue weighted by Gasteiger charge is 2.21. The van der Waals surface area contributed by atoms with Crippen LogP contribution in [0.25, 0.3) is 0 Å². The van der Waals surface area contributed by atoms with Crippen LogP contribution < -0.4 is 4.90 Å². The van der Waals surface area contributed by atoms with E-state index < -0.39 is 0 Å². The molecule has 1 fully saturated rings. The molecule has 0 N–H and O–H groups in total. The molecule has 0 aliphatic carbocycles. The standard InChI is InChI=1S/C13H13NO3/c15-9-7-12(16)10-3-5-11(6-4-10)14-8-1-2-13(14)17/h3-6,9H,1-2,7-8H2. The van der Waals surface area contributed by atoms with Gasteiger partial charge >= 0.3 is 0 Å². The second-order valence-corrected chi connectivity index (χ2v) is 3.99. The number of amides is 1. The molecule has 1 amide bonds. The van der Waals surface area contributed by atoms with Crippen molar-refractivity contribution in [3.63, 3.8) is 0 Å². The Labute approximate surface area is 99.2 Å². The normalized spacial score (nSPS) is 15.1. The van der Waals surface area contributed by atoms with Crippen LogP contribution >= 0.6 is 0 Å². The van der Waals surface area contributed by atoms with Gasteiger partial charge in [-0.25, -0.2) is 0 Å². The van der Waals surface area contributed by atoms with Crippen molar-refractivity contribution in [1.29, 1.82) is 0 Å². The number of aldehydes is 1. The van der Waals surface area contributed by atoms with Gasteiger partial charge < -0.3 is 9.69 Å². The van der Waals surface area contributed by atoms with E-state index in [0.29, 0.717) is 18.3 Å². The van der Waals surface area contributed by atoms with E-state index in [0.717, 1.165) is 18.7 Å². The van der Waals surface area contributed by atoms with Crippen LogP contribution in [0.2, 0.25) is 0 Å². The fraction of sp³-hybridized carbons (Fsp3) is 0.308. The van der Waals surface area contributed by atoms with Crippen molar-refractivity contribution in [2.45, 2.75) is 19.3 Å². The zero-order valence-electron chi connectivity index (χ0n) is 9.39. The Morgan fingerprint density at radius 2 is 2.00 bits per heavy atom. The first kappa shape index (κ1) is 11.5. The van der Waals surface area contributed by atoms with E-state index in [4.69, 9.17) is 0 Å². The summed E-state index contributed by atoms with van der Waals surface area (Å²) in [6.07, 6.45) is 1.97. The molecule has 1 aromatic rings. The van der Waals surface area contributed by atoms with E-state index in [9.17, 15) is 14.4 Å². The largest absolute Gasteiger partial charge is 0.312 e. The minimum Gasteiger partial charge on any atom is -0.312 e. The Morgan fingerprint density at radius 3 is 2.53 bits per heavy atom. The molecule has 0 unspecified atom stereocenters. The second-order valence-electron chi connectivity index (χ2n) is 3.99. The molecule has 88 valence electrons. The van der Waals surface area contributed by atoms with Crippen molar-refractivity contribution in [2.24, 2.45) is 0 Å². The second kappa shape index (κ2) is 4.91. The highest BCUT2D eigenvalue weighted by Crippen LogP contribution is 2.21. The lowest BCUT2D eigenvalue weighted by Gasteiger charge is -2.15. The summed E-state index contributed by atoms with van der Waals surface area (Å²) in [5.41, 5.74) is 1.32. The number of nitrogens with zero attached hydrogens (tertiary/aromatic N) is 1. The van der Waals surface area contributed by atoms with Gasteiger partial charge in [0.25, 0.3) is 0 Å². The van der Waals surface area contributed by atoms with E-state index in [1.165, 1.54) is 0 Å². The van der Waals surface area contributed by atoms with Gasteiger partial charge in [0.05, 0.1) is 6.42 Å². The number of carbonyl (C=O) groups excluding carboxylic acids is 3. The molecular formula is C13H13NO3. The fourth-order valence-corrected chi connectivity index (χ4v) is 1.94. The fourth-order valence-electron chi connectivity index (χ4n) is 1.94. The molecule has 0 saturated carbocycles. The minimum absolute atomic E-state index is 0.0952. The molecule has 17 heavy (non-hydrogen) atoms. The zero-order valence-corrected chi connectivity index (χ0v) is 9.39. The third-order valence-corrected chi connectivity index (χ3v) is 2.84. The number of benzene rings is 1. The van der Waals surface area contributed by atoms with Crippen LogP contribution in [0.1, 0.15) is 29.6 Å². The Morgan fingerprint density at radius 1 is 1.29 bits per heavy atom. The molecule has 1 aromatic carbocycles. The summed E-state index contributed by atoms with van der Waals surface area (Å²) in [7, 11) is 0. The average Bonchev–Trinajstić information content (AvgIpc) is 2.76. The van der Waals surface area contributed by atoms with Crippen molar-refractivity contribution in [3.8, 4) is 0 Å². The molecule has 2 rings (SSSR count). The van der Waals surface area contributed by atoms with Crippen LogP contribution in [-0.2, 0) is 9.59 Å². The lowest BCUT2D eigenvalue weighted by Crippen LogP contribution is -2.23. The van der Waals surface area contributed by atoms with E-state index >= 15 is 0 Å². The molecule has 1 saturated heterocycles. The highest BCUT2D eigenvalue weighted by molar-refractivity contribution is 6.03. The van der Waals surface area contributed by atoms with E-state index in [-0.39, 0.29) is 18.1 Å². The van der Waals surface area contributed by atoms with Gasteiger partial charge in [0.1, 0.15) is 6.29 Å². The zero-order chi connectivity index (χ0) is 12.3.